The van der Waals surface area contributed by atoms with Crippen molar-refractivity contribution in [1.82, 2.24) is 19.7 Å². The van der Waals surface area contributed by atoms with Crippen molar-refractivity contribution in [1.29, 1.82) is 0 Å². The lowest BCUT2D eigenvalue weighted by Gasteiger charge is -2.32. The molecule has 0 spiro atoms. The summed E-state index contributed by atoms with van der Waals surface area (Å²) in [5, 5.41) is 14.3. The first kappa shape index (κ1) is 17.0. The maximum absolute atomic E-state index is 13.5. The van der Waals surface area contributed by atoms with E-state index < -0.39 is 6.10 Å². The van der Waals surface area contributed by atoms with Crippen molar-refractivity contribution in [2.75, 3.05) is 26.2 Å². The van der Waals surface area contributed by atoms with Crippen LogP contribution in [0.1, 0.15) is 24.4 Å². The number of hydrogen-bond acceptors (Lipinski definition) is 5. The molecule has 1 aliphatic rings. The van der Waals surface area contributed by atoms with E-state index in [1.165, 1.54) is 6.07 Å². The van der Waals surface area contributed by atoms with E-state index in [1.807, 2.05) is 4.68 Å². The minimum absolute atomic E-state index is 0.179. The summed E-state index contributed by atoms with van der Waals surface area (Å²) in [4.78, 5) is 6.21. The molecule has 1 aliphatic heterocycles. The van der Waals surface area contributed by atoms with Gasteiger partial charge in [0.1, 0.15) is 18.5 Å². The lowest BCUT2D eigenvalue weighted by molar-refractivity contribution is 0.00389. The molecule has 0 amide bonds. The Bertz CT molecular complexity index is 615. The van der Waals surface area contributed by atoms with E-state index in [4.69, 9.17) is 4.74 Å². The van der Waals surface area contributed by atoms with Crippen LogP contribution in [0.4, 0.5) is 4.39 Å². The summed E-state index contributed by atoms with van der Waals surface area (Å²) in [6, 6.07) is 6.91. The van der Waals surface area contributed by atoms with Crippen molar-refractivity contribution in [3.63, 3.8) is 0 Å². The van der Waals surface area contributed by atoms with Crippen molar-refractivity contribution in [2.45, 2.75) is 31.6 Å². The van der Waals surface area contributed by atoms with E-state index in [2.05, 4.69) is 15.0 Å². The van der Waals surface area contributed by atoms with Crippen molar-refractivity contribution < 1.29 is 14.2 Å². The molecule has 6 nitrogen and oxygen atoms in total. The normalized spacial score (nSPS) is 17.9. The van der Waals surface area contributed by atoms with Gasteiger partial charge in [-0.3, -0.25) is 0 Å². The van der Waals surface area contributed by atoms with Crippen LogP contribution in [0.25, 0.3) is 0 Å². The second kappa shape index (κ2) is 8.32. The van der Waals surface area contributed by atoms with Crippen LogP contribution in [-0.2, 0) is 11.3 Å². The Hall–Kier alpha value is -1.83. The highest BCUT2D eigenvalue weighted by Crippen LogP contribution is 2.21. The van der Waals surface area contributed by atoms with Gasteiger partial charge >= 0.3 is 0 Å². The average Bonchev–Trinajstić information content (AvgIpc) is 3.12. The molecule has 7 heteroatoms. The molecule has 0 saturated carbocycles. The van der Waals surface area contributed by atoms with Crippen LogP contribution in [0.2, 0.25) is 0 Å². The lowest BCUT2D eigenvalue weighted by Crippen LogP contribution is -2.40. The number of aromatic nitrogens is 3. The monoisotopic (exact) mass is 334 g/mol. The molecule has 3 rings (SSSR count). The number of aliphatic hydroxyl groups excluding tert-OH is 1. The lowest BCUT2D eigenvalue weighted by atomic mass is 10.1. The van der Waals surface area contributed by atoms with E-state index in [9.17, 15) is 9.50 Å². The highest BCUT2D eigenvalue weighted by Gasteiger charge is 2.22. The zero-order chi connectivity index (χ0) is 16.8. The van der Waals surface area contributed by atoms with Gasteiger partial charge in [0.15, 0.2) is 0 Å². The van der Waals surface area contributed by atoms with Gasteiger partial charge in [-0.15, -0.1) is 0 Å². The molecule has 1 unspecified atom stereocenters. The van der Waals surface area contributed by atoms with Gasteiger partial charge in [-0.1, -0.05) is 18.2 Å². The molecular weight excluding hydrogens is 311 g/mol. The predicted octanol–water partition coefficient (Wildman–Crippen LogP) is 1.63. The zero-order valence-corrected chi connectivity index (χ0v) is 13.6. The Morgan fingerprint density at radius 1 is 1.29 bits per heavy atom. The third kappa shape index (κ3) is 4.59. The molecule has 24 heavy (non-hydrogen) atoms. The van der Waals surface area contributed by atoms with E-state index in [1.54, 1.807) is 30.9 Å². The van der Waals surface area contributed by atoms with Gasteiger partial charge in [0.25, 0.3) is 0 Å². The molecule has 0 radical (unpaired) electrons. The first-order chi connectivity index (χ1) is 11.7. The number of aliphatic hydroxyl groups is 1. The highest BCUT2D eigenvalue weighted by atomic mass is 19.1. The molecule has 1 fully saturated rings. The summed E-state index contributed by atoms with van der Waals surface area (Å²) in [6.45, 7) is 2.78. The number of benzene rings is 1. The molecular formula is C17H23FN4O2. The number of ether oxygens (including phenoxy) is 1. The number of hydrogen-bond donors (Lipinski definition) is 1. The molecule has 1 aromatic heterocycles. The first-order valence-electron chi connectivity index (χ1n) is 8.28. The van der Waals surface area contributed by atoms with Crippen LogP contribution in [0.15, 0.2) is 36.9 Å². The Labute approximate surface area is 140 Å². The standard InChI is InChI=1S/C17H23FN4O2/c18-17-4-2-1-3-14(17)10-24-11-16(23)9-21-7-5-15(6-8-21)22-13-19-12-20-22/h1-4,12-13,15-16,23H,5-11H2. The van der Waals surface area contributed by atoms with Gasteiger partial charge in [0, 0.05) is 25.2 Å². The van der Waals surface area contributed by atoms with Crippen LogP contribution < -0.4 is 0 Å². The molecule has 1 N–H and O–H groups in total. The van der Waals surface area contributed by atoms with Crippen LogP contribution in [0, 0.1) is 5.82 Å². The number of piperidine rings is 1. The van der Waals surface area contributed by atoms with Crippen molar-refractivity contribution in [3.05, 3.63) is 48.3 Å². The topological polar surface area (TPSA) is 63.4 Å². The van der Waals surface area contributed by atoms with Crippen LogP contribution in [-0.4, -0.2) is 57.1 Å². The summed E-state index contributed by atoms with van der Waals surface area (Å²) in [7, 11) is 0. The Kier molecular flexibility index (Phi) is 5.90. The van der Waals surface area contributed by atoms with Crippen LogP contribution in [0.5, 0.6) is 0 Å². The van der Waals surface area contributed by atoms with Crippen LogP contribution in [0.3, 0.4) is 0 Å². The average molecular weight is 334 g/mol. The molecule has 130 valence electrons. The van der Waals surface area contributed by atoms with E-state index in [-0.39, 0.29) is 19.0 Å². The van der Waals surface area contributed by atoms with Gasteiger partial charge in [-0.05, 0) is 18.9 Å². The second-order valence-electron chi connectivity index (χ2n) is 6.17. The molecule has 2 heterocycles. The second-order valence-corrected chi connectivity index (χ2v) is 6.17. The van der Waals surface area contributed by atoms with Gasteiger partial charge in [0.2, 0.25) is 0 Å². The number of likely N-dealkylation sites (tertiary alicyclic amines) is 1. The van der Waals surface area contributed by atoms with Gasteiger partial charge < -0.3 is 14.7 Å². The van der Waals surface area contributed by atoms with E-state index in [0.29, 0.717) is 18.2 Å². The maximum Gasteiger partial charge on any atom is 0.137 e. The molecule has 0 aliphatic carbocycles. The predicted molar refractivity (Wildman–Crippen MR) is 86.8 cm³/mol. The first-order valence-corrected chi connectivity index (χ1v) is 8.28. The summed E-state index contributed by atoms with van der Waals surface area (Å²) < 4.78 is 20.8. The number of β-amino-alcohol motifs (C(OH)–C–C–N with tert-alkyl or cyclic N) is 1. The number of rotatable bonds is 7. The third-order valence-electron chi connectivity index (χ3n) is 4.36. The minimum atomic E-state index is -0.570. The van der Waals surface area contributed by atoms with E-state index in [0.717, 1.165) is 25.9 Å². The van der Waals surface area contributed by atoms with Crippen molar-refractivity contribution in [2.24, 2.45) is 0 Å². The fourth-order valence-electron chi connectivity index (χ4n) is 3.04. The molecule has 1 atom stereocenters. The van der Waals surface area contributed by atoms with Gasteiger partial charge in [-0.25, -0.2) is 14.1 Å². The van der Waals surface area contributed by atoms with Gasteiger partial charge in [-0.2, -0.15) is 5.10 Å². The fraction of sp³-hybridized carbons (Fsp3) is 0.529. The van der Waals surface area contributed by atoms with Crippen molar-refractivity contribution in [3.8, 4) is 0 Å². The Balaban J connectivity index is 1.35. The van der Waals surface area contributed by atoms with Crippen LogP contribution >= 0.6 is 0 Å². The zero-order valence-electron chi connectivity index (χ0n) is 13.6. The molecule has 2 aromatic rings. The van der Waals surface area contributed by atoms with Gasteiger partial charge in [0.05, 0.1) is 25.4 Å². The van der Waals surface area contributed by atoms with Crippen molar-refractivity contribution >= 4 is 0 Å². The quantitative estimate of drug-likeness (QED) is 0.834. The molecule has 1 saturated heterocycles. The molecule has 0 bridgehead atoms. The number of halogens is 1. The number of nitrogens with zero attached hydrogens (tertiary/aromatic N) is 4. The van der Waals surface area contributed by atoms with E-state index >= 15 is 0 Å². The summed E-state index contributed by atoms with van der Waals surface area (Å²) in [6.07, 6.45) is 4.73. The smallest absolute Gasteiger partial charge is 0.137 e. The largest absolute Gasteiger partial charge is 0.389 e. The molecule has 1 aromatic carbocycles. The Morgan fingerprint density at radius 3 is 2.79 bits per heavy atom. The third-order valence-corrected chi connectivity index (χ3v) is 4.36. The highest BCUT2D eigenvalue weighted by molar-refractivity contribution is 5.16. The summed E-state index contributed by atoms with van der Waals surface area (Å²) in [5.74, 6) is -0.276. The summed E-state index contributed by atoms with van der Waals surface area (Å²) in [5.41, 5.74) is 0.512. The summed E-state index contributed by atoms with van der Waals surface area (Å²) >= 11 is 0. The Morgan fingerprint density at radius 2 is 2.08 bits per heavy atom. The minimum Gasteiger partial charge on any atom is -0.389 e. The maximum atomic E-state index is 13.5. The fourth-order valence-corrected chi connectivity index (χ4v) is 3.04. The SMILES string of the molecule is OC(COCc1ccccc1F)CN1CCC(n2cncn2)CC1.